The number of unbranched alkanes of at least 4 members (excludes halogenated alkanes) is 4. The monoisotopic (exact) mass is 336 g/mol. The molecule has 5 nitrogen and oxygen atoms in total. The van der Waals surface area contributed by atoms with E-state index in [0.717, 1.165) is 19.3 Å². The van der Waals surface area contributed by atoms with Gasteiger partial charge in [0.05, 0.1) is 6.04 Å². The number of amides is 2. The molecule has 0 bridgehead atoms. The lowest BCUT2D eigenvalue weighted by molar-refractivity contribution is -0.122. The summed E-state index contributed by atoms with van der Waals surface area (Å²) < 4.78 is 0. The van der Waals surface area contributed by atoms with Crippen molar-refractivity contribution >= 4 is 17.6 Å². The lowest BCUT2D eigenvalue weighted by Gasteiger charge is -2.15. The molecule has 0 aromatic carbocycles. The SMILES string of the molecule is CCCCCCCC(=O)NC(/C=C/C(N)=O)/C=C/C(=O)C(C)(C)C. The molecule has 1 atom stereocenters. The smallest absolute Gasteiger partial charge is 0.241 e. The van der Waals surface area contributed by atoms with Crippen LogP contribution in [0.2, 0.25) is 0 Å². The number of carbonyl (C=O) groups is 3. The van der Waals surface area contributed by atoms with Crippen molar-refractivity contribution in [1.82, 2.24) is 5.32 Å². The zero-order chi connectivity index (χ0) is 18.6. The molecule has 0 aliphatic heterocycles. The van der Waals surface area contributed by atoms with Gasteiger partial charge < -0.3 is 11.1 Å². The molecule has 0 fully saturated rings. The minimum Gasteiger partial charge on any atom is -0.366 e. The standard InChI is InChI=1S/C19H32N2O3/c1-5-6-7-8-9-10-18(24)21-15(12-14-17(20)23)11-13-16(22)19(2,3)4/h11-15H,5-10H2,1-4H3,(H2,20,23)(H,21,24)/b13-11+,14-12+. The second-order valence-corrected chi connectivity index (χ2v) is 6.99. The molecule has 3 N–H and O–H groups in total. The van der Waals surface area contributed by atoms with Crippen LogP contribution in [-0.4, -0.2) is 23.6 Å². The average Bonchev–Trinajstić information content (AvgIpc) is 2.48. The Hall–Kier alpha value is -1.91. The summed E-state index contributed by atoms with van der Waals surface area (Å²) in [5.74, 6) is -0.739. The maximum Gasteiger partial charge on any atom is 0.241 e. The number of nitrogens with one attached hydrogen (secondary N) is 1. The van der Waals surface area contributed by atoms with Crippen LogP contribution in [0.5, 0.6) is 0 Å². The first-order valence-electron chi connectivity index (χ1n) is 8.66. The third kappa shape index (κ3) is 11.6. The maximum atomic E-state index is 12.0. The number of carbonyl (C=O) groups excluding carboxylic acids is 3. The van der Waals surface area contributed by atoms with Gasteiger partial charge in [-0.3, -0.25) is 14.4 Å². The van der Waals surface area contributed by atoms with Crippen molar-refractivity contribution < 1.29 is 14.4 Å². The van der Waals surface area contributed by atoms with Crippen LogP contribution in [-0.2, 0) is 14.4 Å². The molecule has 0 spiro atoms. The van der Waals surface area contributed by atoms with Gasteiger partial charge in [0.25, 0.3) is 0 Å². The molecule has 0 aliphatic carbocycles. The van der Waals surface area contributed by atoms with Gasteiger partial charge in [0.2, 0.25) is 11.8 Å². The van der Waals surface area contributed by atoms with Crippen molar-refractivity contribution in [3.8, 4) is 0 Å². The number of nitrogens with two attached hydrogens (primary N) is 1. The summed E-state index contributed by atoms with van der Waals surface area (Å²) in [5.41, 5.74) is 4.61. The van der Waals surface area contributed by atoms with Crippen molar-refractivity contribution in [2.24, 2.45) is 11.1 Å². The Bertz CT molecular complexity index is 473. The predicted octanol–water partition coefficient (Wildman–Crippen LogP) is 3.04. The van der Waals surface area contributed by atoms with E-state index in [1.54, 1.807) is 6.08 Å². The van der Waals surface area contributed by atoms with Gasteiger partial charge in [0, 0.05) is 17.9 Å². The van der Waals surface area contributed by atoms with Crippen LogP contribution in [0.25, 0.3) is 0 Å². The van der Waals surface area contributed by atoms with Crippen LogP contribution in [0.1, 0.15) is 66.2 Å². The number of primary amides is 1. The summed E-state index contributed by atoms with van der Waals surface area (Å²) in [6.07, 6.45) is 11.5. The van der Waals surface area contributed by atoms with Crippen molar-refractivity contribution in [3.05, 3.63) is 24.3 Å². The summed E-state index contributed by atoms with van der Waals surface area (Å²) in [4.78, 5) is 34.8. The van der Waals surface area contributed by atoms with Crippen LogP contribution >= 0.6 is 0 Å². The number of rotatable bonds is 11. The zero-order valence-corrected chi connectivity index (χ0v) is 15.4. The molecule has 0 aromatic heterocycles. The third-order valence-electron chi connectivity index (χ3n) is 3.50. The van der Waals surface area contributed by atoms with Gasteiger partial charge in [-0.1, -0.05) is 65.5 Å². The van der Waals surface area contributed by atoms with E-state index in [4.69, 9.17) is 5.73 Å². The van der Waals surface area contributed by atoms with Gasteiger partial charge in [-0.2, -0.15) is 0 Å². The Labute approximate surface area is 145 Å². The van der Waals surface area contributed by atoms with E-state index in [0.29, 0.717) is 6.42 Å². The van der Waals surface area contributed by atoms with E-state index in [-0.39, 0.29) is 11.7 Å². The van der Waals surface area contributed by atoms with Gasteiger partial charge in [-0.05, 0) is 12.5 Å². The molecule has 0 saturated heterocycles. The van der Waals surface area contributed by atoms with E-state index in [1.807, 2.05) is 20.8 Å². The van der Waals surface area contributed by atoms with Crippen LogP contribution in [0, 0.1) is 5.41 Å². The lowest BCUT2D eigenvalue weighted by atomic mass is 9.90. The average molecular weight is 336 g/mol. The van der Waals surface area contributed by atoms with Gasteiger partial charge >= 0.3 is 0 Å². The number of hydrogen-bond donors (Lipinski definition) is 2. The molecule has 136 valence electrons. The van der Waals surface area contributed by atoms with Crippen molar-refractivity contribution in [2.75, 3.05) is 0 Å². The Kier molecular flexibility index (Phi) is 10.7. The van der Waals surface area contributed by atoms with Crippen LogP contribution in [0.3, 0.4) is 0 Å². The molecule has 0 radical (unpaired) electrons. The fourth-order valence-corrected chi connectivity index (χ4v) is 1.95. The van der Waals surface area contributed by atoms with Gasteiger partial charge in [-0.25, -0.2) is 0 Å². The molecule has 1 unspecified atom stereocenters. The van der Waals surface area contributed by atoms with Crippen molar-refractivity contribution in [1.29, 1.82) is 0 Å². The van der Waals surface area contributed by atoms with E-state index in [2.05, 4.69) is 12.2 Å². The second kappa shape index (κ2) is 11.6. The van der Waals surface area contributed by atoms with Gasteiger partial charge in [-0.15, -0.1) is 0 Å². The molecule has 0 rings (SSSR count). The molecular formula is C19H32N2O3. The molecular weight excluding hydrogens is 304 g/mol. The minimum absolute atomic E-state index is 0.0474. The fraction of sp³-hybridized carbons (Fsp3) is 0.632. The van der Waals surface area contributed by atoms with Crippen molar-refractivity contribution in [3.63, 3.8) is 0 Å². The quantitative estimate of drug-likeness (QED) is 0.449. The molecule has 0 aromatic rings. The molecule has 0 heterocycles. The summed E-state index contributed by atoms with van der Waals surface area (Å²) in [7, 11) is 0. The third-order valence-corrected chi connectivity index (χ3v) is 3.50. The summed E-state index contributed by atoms with van der Waals surface area (Å²) in [6.45, 7) is 7.61. The van der Waals surface area contributed by atoms with Gasteiger partial charge in [0.15, 0.2) is 5.78 Å². The van der Waals surface area contributed by atoms with Gasteiger partial charge in [0.1, 0.15) is 0 Å². The summed E-state index contributed by atoms with van der Waals surface area (Å²) in [6, 6.07) is -0.521. The minimum atomic E-state index is -0.593. The van der Waals surface area contributed by atoms with Crippen LogP contribution in [0.15, 0.2) is 24.3 Å². The molecule has 24 heavy (non-hydrogen) atoms. The molecule has 0 saturated carbocycles. The van der Waals surface area contributed by atoms with E-state index < -0.39 is 17.4 Å². The largest absolute Gasteiger partial charge is 0.366 e. The number of ketones is 1. The molecule has 5 heteroatoms. The Morgan fingerprint density at radius 3 is 2.12 bits per heavy atom. The highest BCUT2D eigenvalue weighted by atomic mass is 16.2. The van der Waals surface area contributed by atoms with Crippen LogP contribution in [0.4, 0.5) is 0 Å². The Morgan fingerprint density at radius 2 is 1.58 bits per heavy atom. The summed E-state index contributed by atoms with van der Waals surface area (Å²) >= 11 is 0. The fourth-order valence-electron chi connectivity index (χ4n) is 1.95. The normalized spacial score (nSPS) is 13.3. The highest BCUT2D eigenvalue weighted by molar-refractivity contribution is 5.94. The Balaban J connectivity index is 4.61. The highest BCUT2D eigenvalue weighted by Gasteiger charge is 2.18. The molecule has 0 aliphatic rings. The van der Waals surface area contributed by atoms with E-state index in [9.17, 15) is 14.4 Å². The zero-order valence-electron chi connectivity index (χ0n) is 15.4. The molecule has 2 amide bonds. The Morgan fingerprint density at radius 1 is 1.00 bits per heavy atom. The first-order valence-corrected chi connectivity index (χ1v) is 8.66. The number of allylic oxidation sites excluding steroid dienone is 1. The van der Waals surface area contributed by atoms with E-state index >= 15 is 0 Å². The predicted molar refractivity (Wildman–Crippen MR) is 97.2 cm³/mol. The van der Waals surface area contributed by atoms with Crippen LogP contribution < -0.4 is 11.1 Å². The second-order valence-electron chi connectivity index (χ2n) is 6.99. The highest BCUT2D eigenvalue weighted by Crippen LogP contribution is 2.15. The topological polar surface area (TPSA) is 89.3 Å². The lowest BCUT2D eigenvalue weighted by Crippen LogP contribution is -2.32. The first kappa shape index (κ1) is 22.1. The maximum absolute atomic E-state index is 12.0. The number of hydrogen-bond acceptors (Lipinski definition) is 3. The van der Waals surface area contributed by atoms with E-state index in [1.165, 1.54) is 31.1 Å². The first-order chi connectivity index (χ1) is 11.2. The van der Waals surface area contributed by atoms with Crippen molar-refractivity contribution in [2.45, 2.75) is 72.3 Å². The summed E-state index contributed by atoms with van der Waals surface area (Å²) in [5, 5.41) is 2.80.